The van der Waals surface area contributed by atoms with E-state index in [9.17, 15) is 0 Å². The van der Waals surface area contributed by atoms with Crippen LogP contribution >= 0.6 is 0 Å². The molecule has 0 aliphatic heterocycles. The second-order valence-electron chi connectivity index (χ2n) is 4.66. The number of allylic oxidation sites excluding steroid dienone is 4. The molecule has 0 heterocycles. The Hall–Kier alpha value is -0.850. The van der Waals surface area contributed by atoms with Crippen molar-refractivity contribution in [3.8, 4) is 0 Å². The number of aliphatic imine (C=N–C) groups is 1. The van der Waals surface area contributed by atoms with Crippen LogP contribution in [0.15, 0.2) is 28.3 Å². The van der Waals surface area contributed by atoms with Crippen molar-refractivity contribution in [2.75, 3.05) is 0 Å². The van der Waals surface area contributed by atoms with E-state index in [1.807, 2.05) is 6.21 Å². The van der Waals surface area contributed by atoms with E-state index in [2.05, 4.69) is 58.7 Å². The maximum Gasteiger partial charge on any atom is 0.0524 e. The van der Waals surface area contributed by atoms with Crippen LogP contribution in [0.4, 0.5) is 0 Å². The van der Waals surface area contributed by atoms with Crippen LogP contribution in [-0.2, 0) is 0 Å². The van der Waals surface area contributed by atoms with Gasteiger partial charge < -0.3 is 0 Å². The molecule has 0 atom stereocenters. The highest BCUT2D eigenvalue weighted by molar-refractivity contribution is 5.74. The molecule has 1 nitrogen and oxygen atoms in total. The maximum atomic E-state index is 4.47. The lowest BCUT2D eigenvalue weighted by atomic mass is 10.0. The minimum Gasteiger partial charge on any atom is -0.287 e. The molecule has 0 amide bonds. The minimum atomic E-state index is 0.0255. The Morgan fingerprint density at radius 1 is 1.07 bits per heavy atom. The highest BCUT2D eigenvalue weighted by Crippen LogP contribution is 2.16. The Bertz CT molecular complexity index is 262. The Morgan fingerprint density at radius 3 is 1.93 bits per heavy atom. The van der Waals surface area contributed by atoms with Crippen molar-refractivity contribution in [3.63, 3.8) is 0 Å². The van der Waals surface area contributed by atoms with Gasteiger partial charge in [0.2, 0.25) is 0 Å². The van der Waals surface area contributed by atoms with Crippen molar-refractivity contribution < 1.29 is 0 Å². The molecule has 15 heavy (non-hydrogen) atoms. The molecule has 0 N–H and O–H groups in total. The molecule has 0 aromatic rings. The van der Waals surface area contributed by atoms with Crippen molar-refractivity contribution in [3.05, 3.63) is 23.3 Å². The van der Waals surface area contributed by atoms with Gasteiger partial charge in [-0.1, -0.05) is 19.9 Å². The average molecular weight is 207 g/mol. The highest BCUT2D eigenvalue weighted by atomic mass is 14.8. The van der Waals surface area contributed by atoms with Crippen LogP contribution in [0.2, 0.25) is 0 Å². The molecule has 0 spiro atoms. The van der Waals surface area contributed by atoms with E-state index in [1.165, 1.54) is 11.1 Å². The fourth-order valence-corrected chi connectivity index (χ4v) is 1.42. The molecule has 86 valence electrons. The predicted molar refractivity (Wildman–Crippen MR) is 70.7 cm³/mol. The van der Waals surface area contributed by atoms with Gasteiger partial charge in [0.05, 0.1) is 5.54 Å². The average Bonchev–Trinajstić information content (AvgIpc) is 2.15. The molecule has 0 aliphatic rings. The third-order valence-electron chi connectivity index (χ3n) is 2.26. The number of hydrogen-bond donors (Lipinski definition) is 0. The van der Waals surface area contributed by atoms with Gasteiger partial charge >= 0.3 is 0 Å². The molecular weight excluding hydrogens is 182 g/mol. The largest absolute Gasteiger partial charge is 0.287 e. The van der Waals surface area contributed by atoms with Crippen molar-refractivity contribution in [1.29, 1.82) is 0 Å². The molecule has 0 bridgehead atoms. The van der Waals surface area contributed by atoms with Crippen LogP contribution in [0, 0.1) is 0 Å². The van der Waals surface area contributed by atoms with Crippen molar-refractivity contribution >= 4 is 6.21 Å². The van der Waals surface area contributed by atoms with Crippen molar-refractivity contribution in [2.45, 2.75) is 59.9 Å². The van der Waals surface area contributed by atoms with Crippen molar-refractivity contribution in [1.82, 2.24) is 0 Å². The van der Waals surface area contributed by atoms with Crippen LogP contribution in [-0.4, -0.2) is 11.8 Å². The lowest BCUT2D eigenvalue weighted by Gasteiger charge is -2.11. The van der Waals surface area contributed by atoms with E-state index in [0.717, 1.165) is 12.8 Å². The summed E-state index contributed by atoms with van der Waals surface area (Å²) < 4.78 is 0. The third kappa shape index (κ3) is 6.27. The van der Waals surface area contributed by atoms with Crippen LogP contribution in [0.5, 0.6) is 0 Å². The van der Waals surface area contributed by atoms with Gasteiger partial charge in [0, 0.05) is 6.21 Å². The van der Waals surface area contributed by atoms with E-state index >= 15 is 0 Å². The molecule has 0 aromatic carbocycles. The standard InChI is InChI=1S/C14H25N/c1-7-12(8-2)13(9-3)10-11-15-14(4,5)6/h7,10-11H,8-9H2,1-6H3/b12-7+,13-10-,15-11?. The summed E-state index contributed by atoms with van der Waals surface area (Å²) in [7, 11) is 0. The van der Waals surface area contributed by atoms with Crippen molar-refractivity contribution in [2.24, 2.45) is 4.99 Å². The molecule has 0 radical (unpaired) electrons. The fraction of sp³-hybridized carbons (Fsp3) is 0.643. The lowest BCUT2D eigenvalue weighted by Crippen LogP contribution is -2.09. The quantitative estimate of drug-likeness (QED) is 0.474. The number of nitrogens with zero attached hydrogens (tertiary/aromatic N) is 1. The first-order valence-electron chi connectivity index (χ1n) is 5.84. The van der Waals surface area contributed by atoms with E-state index in [4.69, 9.17) is 0 Å². The zero-order chi connectivity index (χ0) is 11.9. The molecule has 0 saturated heterocycles. The summed E-state index contributed by atoms with van der Waals surface area (Å²) in [6.07, 6.45) is 8.45. The topological polar surface area (TPSA) is 12.4 Å². The Balaban J connectivity index is 4.69. The number of rotatable bonds is 4. The molecule has 0 unspecified atom stereocenters. The third-order valence-corrected chi connectivity index (χ3v) is 2.26. The summed E-state index contributed by atoms with van der Waals surface area (Å²) in [5.74, 6) is 0. The Morgan fingerprint density at radius 2 is 1.60 bits per heavy atom. The highest BCUT2D eigenvalue weighted by Gasteiger charge is 2.04. The van der Waals surface area contributed by atoms with Gasteiger partial charge in [-0.15, -0.1) is 0 Å². The van der Waals surface area contributed by atoms with Crippen LogP contribution in [0.3, 0.4) is 0 Å². The van der Waals surface area contributed by atoms with Gasteiger partial charge in [0.25, 0.3) is 0 Å². The number of hydrogen-bond acceptors (Lipinski definition) is 1. The van der Waals surface area contributed by atoms with E-state index in [1.54, 1.807) is 0 Å². The van der Waals surface area contributed by atoms with Crippen LogP contribution in [0.1, 0.15) is 54.4 Å². The molecule has 0 saturated carbocycles. The van der Waals surface area contributed by atoms with Gasteiger partial charge in [-0.2, -0.15) is 0 Å². The van der Waals surface area contributed by atoms with Gasteiger partial charge in [-0.3, -0.25) is 4.99 Å². The van der Waals surface area contributed by atoms with Gasteiger partial charge in [-0.05, 0) is 57.8 Å². The normalized spacial score (nSPS) is 15.1. The molecule has 1 heteroatoms. The second kappa shape index (κ2) is 6.60. The summed E-state index contributed by atoms with van der Waals surface area (Å²) in [6.45, 7) is 12.8. The molecule has 0 fully saturated rings. The SMILES string of the molecule is C/C=C(CC)/C(=C\C=NC(C)(C)C)CC. The van der Waals surface area contributed by atoms with Gasteiger partial charge in [0.1, 0.15) is 0 Å². The first kappa shape index (κ1) is 14.2. The molecule has 0 aliphatic carbocycles. The summed E-state index contributed by atoms with van der Waals surface area (Å²) in [6, 6.07) is 0. The van der Waals surface area contributed by atoms with Crippen LogP contribution in [0.25, 0.3) is 0 Å². The van der Waals surface area contributed by atoms with E-state index < -0.39 is 0 Å². The van der Waals surface area contributed by atoms with Gasteiger partial charge in [0.15, 0.2) is 0 Å². The fourth-order valence-electron chi connectivity index (χ4n) is 1.42. The van der Waals surface area contributed by atoms with Gasteiger partial charge in [-0.25, -0.2) is 0 Å². The van der Waals surface area contributed by atoms with E-state index in [0.29, 0.717) is 0 Å². The van der Waals surface area contributed by atoms with Crippen LogP contribution < -0.4 is 0 Å². The smallest absolute Gasteiger partial charge is 0.0524 e. The molecule has 0 aromatic heterocycles. The summed E-state index contributed by atoms with van der Waals surface area (Å²) in [4.78, 5) is 4.47. The van der Waals surface area contributed by atoms with E-state index in [-0.39, 0.29) is 5.54 Å². The Kier molecular flexibility index (Phi) is 6.23. The lowest BCUT2D eigenvalue weighted by molar-refractivity contribution is 0.587. The predicted octanol–water partition coefficient (Wildman–Crippen LogP) is 4.55. The summed E-state index contributed by atoms with van der Waals surface area (Å²) >= 11 is 0. The first-order valence-corrected chi connectivity index (χ1v) is 5.84. The summed E-state index contributed by atoms with van der Waals surface area (Å²) in [5.41, 5.74) is 2.85. The molecular formula is C14H25N. The minimum absolute atomic E-state index is 0.0255. The Labute approximate surface area is 95.0 Å². The monoisotopic (exact) mass is 207 g/mol. The maximum absolute atomic E-state index is 4.47. The zero-order valence-corrected chi connectivity index (χ0v) is 11.1. The zero-order valence-electron chi connectivity index (χ0n) is 11.1. The first-order chi connectivity index (χ1) is 6.94. The second-order valence-corrected chi connectivity index (χ2v) is 4.66. The summed E-state index contributed by atoms with van der Waals surface area (Å²) in [5, 5.41) is 0. The molecule has 0 rings (SSSR count).